The molecule has 1 aliphatic carbocycles. The fourth-order valence-electron chi connectivity index (χ4n) is 2.23. The summed E-state index contributed by atoms with van der Waals surface area (Å²) in [5.74, 6) is 0. The maximum Gasteiger partial charge on any atom is 0.265 e. The van der Waals surface area contributed by atoms with Gasteiger partial charge in [-0.25, -0.2) is 8.78 Å². The Kier molecular flexibility index (Phi) is 3.19. The third-order valence-corrected chi connectivity index (χ3v) is 3.86. The van der Waals surface area contributed by atoms with Crippen molar-refractivity contribution in [3.05, 3.63) is 23.8 Å². The van der Waals surface area contributed by atoms with Gasteiger partial charge in [0.25, 0.3) is 6.43 Å². The van der Waals surface area contributed by atoms with E-state index >= 15 is 0 Å². The molecular weight excluding hydrogens is 238 g/mol. The van der Waals surface area contributed by atoms with Gasteiger partial charge in [-0.15, -0.1) is 0 Å². The molecular formula is C13H18F2N2O. The molecule has 0 heterocycles. The Morgan fingerprint density at radius 1 is 1.44 bits per heavy atom. The average Bonchev–Trinajstić information content (AvgIpc) is 2.30. The zero-order valence-corrected chi connectivity index (χ0v) is 10.5. The molecule has 2 unspecified atom stereocenters. The van der Waals surface area contributed by atoms with Crippen molar-refractivity contribution in [3.8, 4) is 0 Å². The molecule has 2 rings (SSSR count). The first-order chi connectivity index (χ1) is 8.32. The number of nitrogens with two attached hydrogens (primary N) is 1. The molecule has 1 saturated carbocycles. The number of anilines is 2. The normalized spacial score (nSPS) is 25.9. The van der Waals surface area contributed by atoms with Crippen LogP contribution < -0.4 is 11.1 Å². The van der Waals surface area contributed by atoms with Crippen LogP contribution in [0.4, 0.5) is 20.2 Å². The molecule has 3 nitrogen and oxygen atoms in total. The molecule has 0 saturated heterocycles. The van der Waals surface area contributed by atoms with Crippen molar-refractivity contribution in [1.82, 2.24) is 0 Å². The Morgan fingerprint density at radius 2 is 2.11 bits per heavy atom. The van der Waals surface area contributed by atoms with Crippen molar-refractivity contribution in [2.75, 3.05) is 11.1 Å². The summed E-state index contributed by atoms with van der Waals surface area (Å²) in [5, 5.41) is 12.7. The lowest BCUT2D eigenvalue weighted by molar-refractivity contribution is -0.0511. The fraction of sp³-hybridized carbons (Fsp3) is 0.538. The van der Waals surface area contributed by atoms with Gasteiger partial charge in [-0.3, -0.25) is 0 Å². The maximum absolute atomic E-state index is 12.9. The number of halogens is 2. The standard InChI is InChI=1S/C13H18F2N2O/c1-13(2)10(6-11(13)18)17-9-4-3-7(16)5-8(9)12(14)15/h3-5,10-12,17-18H,6,16H2,1-2H3. The predicted molar refractivity (Wildman–Crippen MR) is 67.6 cm³/mol. The summed E-state index contributed by atoms with van der Waals surface area (Å²) >= 11 is 0. The van der Waals surface area contributed by atoms with Crippen LogP contribution in [0.5, 0.6) is 0 Å². The largest absolute Gasteiger partial charge is 0.399 e. The van der Waals surface area contributed by atoms with Gasteiger partial charge in [-0.2, -0.15) is 0 Å². The molecule has 4 N–H and O–H groups in total. The number of hydrogen-bond donors (Lipinski definition) is 3. The molecule has 0 bridgehead atoms. The molecule has 1 aromatic rings. The molecule has 0 spiro atoms. The van der Waals surface area contributed by atoms with E-state index in [1.807, 2.05) is 13.8 Å². The van der Waals surface area contributed by atoms with Crippen molar-refractivity contribution >= 4 is 11.4 Å². The number of hydrogen-bond acceptors (Lipinski definition) is 3. The summed E-state index contributed by atoms with van der Waals surface area (Å²) in [6, 6.07) is 4.44. The van der Waals surface area contributed by atoms with E-state index in [1.54, 1.807) is 12.1 Å². The minimum atomic E-state index is -2.57. The topological polar surface area (TPSA) is 58.3 Å². The molecule has 100 valence electrons. The van der Waals surface area contributed by atoms with Gasteiger partial charge in [0.1, 0.15) is 0 Å². The number of alkyl halides is 2. The van der Waals surface area contributed by atoms with Gasteiger partial charge < -0.3 is 16.2 Å². The molecule has 18 heavy (non-hydrogen) atoms. The average molecular weight is 256 g/mol. The highest BCUT2D eigenvalue weighted by atomic mass is 19.3. The summed E-state index contributed by atoms with van der Waals surface area (Å²) in [5.41, 5.74) is 5.84. The number of aliphatic hydroxyl groups is 1. The maximum atomic E-state index is 12.9. The van der Waals surface area contributed by atoms with Crippen molar-refractivity contribution in [2.45, 2.75) is 38.8 Å². The van der Waals surface area contributed by atoms with Gasteiger partial charge in [0.2, 0.25) is 0 Å². The third-order valence-electron chi connectivity index (χ3n) is 3.86. The Labute approximate surface area is 105 Å². The van der Waals surface area contributed by atoms with Gasteiger partial charge in [0.15, 0.2) is 0 Å². The lowest BCUT2D eigenvalue weighted by Crippen LogP contribution is -2.57. The van der Waals surface area contributed by atoms with Crippen LogP contribution in [0.25, 0.3) is 0 Å². The highest BCUT2D eigenvalue weighted by Crippen LogP contribution is 2.43. The molecule has 5 heteroatoms. The van der Waals surface area contributed by atoms with Crippen molar-refractivity contribution in [3.63, 3.8) is 0 Å². The summed E-state index contributed by atoms with van der Waals surface area (Å²) in [6.45, 7) is 3.83. The Hall–Kier alpha value is -1.36. The third kappa shape index (κ3) is 2.14. The van der Waals surface area contributed by atoms with E-state index in [2.05, 4.69) is 5.32 Å². The lowest BCUT2D eigenvalue weighted by Gasteiger charge is -2.50. The van der Waals surface area contributed by atoms with E-state index in [4.69, 9.17) is 5.73 Å². The van der Waals surface area contributed by atoms with Crippen LogP contribution in [0.1, 0.15) is 32.3 Å². The van der Waals surface area contributed by atoms with Crippen molar-refractivity contribution < 1.29 is 13.9 Å². The van der Waals surface area contributed by atoms with Crippen LogP contribution in [-0.2, 0) is 0 Å². The van der Waals surface area contributed by atoms with Crippen LogP contribution in [0.15, 0.2) is 18.2 Å². The first kappa shape index (κ1) is 13.1. The van der Waals surface area contributed by atoms with Crippen LogP contribution in [-0.4, -0.2) is 17.3 Å². The highest BCUT2D eigenvalue weighted by Gasteiger charge is 2.47. The SMILES string of the molecule is CC1(C)C(O)CC1Nc1ccc(N)cc1C(F)F. The van der Waals surface area contributed by atoms with E-state index in [0.717, 1.165) is 0 Å². The Balaban J connectivity index is 2.20. The molecule has 0 aliphatic heterocycles. The number of aliphatic hydroxyl groups excluding tert-OH is 1. The minimum absolute atomic E-state index is 0.00590. The minimum Gasteiger partial charge on any atom is -0.399 e. The number of rotatable bonds is 3. The second-order valence-corrected chi connectivity index (χ2v) is 5.42. The molecule has 0 aromatic heterocycles. The molecule has 1 aromatic carbocycles. The number of nitrogen functional groups attached to an aromatic ring is 1. The van der Waals surface area contributed by atoms with Crippen LogP contribution in [0, 0.1) is 5.41 Å². The van der Waals surface area contributed by atoms with E-state index < -0.39 is 12.5 Å². The summed E-state index contributed by atoms with van der Waals surface area (Å²) in [7, 11) is 0. The summed E-state index contributed by atoms with van der Waals surface area (Å²) < 4.78 is 25.8. The second kappa shape index (κ2) is 4.39. The monoisotopic (exact) mass is 256 g/mol. The highest BCUT2D eigenvalue weighted by molar-refractivity contribution is 5.59. The zero-order chi connectivity index (χ0) is 13.5. The fourth-order valence-corrected chi connectivity index (χ4v) is 2.23. The van der Waals surface area contributed by atoms with E-state index in [0.29, 0.717) is 17.8 Å². The smallest absolute Gasteiger partial charge is 0.265 e. The van der Waals surface area contributed by atoms with Gasteiger partial charge in [0, 0.05) is 28.4 Å². The second-order valence-electron chi connectivity index (χ2n) is 5.42. The molecule has 1 fully saturated rings. The number of nitrogens with one attached hydrogen (secondary N) is 1. The van der Waals surface area contributed by atoms with Crippen molar-refractivity contribution in [2.24, 2.45) is 5.41 Å². The first-order valence-electron chi connectivity index (χ1n) is 5.94. The van der Waals surface area contributed by atoms with Gasteiger partial charge >= 0.3 is 0 Å². The van der Waals surface area contributed by atoms with Crippen LogP contribution in [0.3, 0.4) is 0 Å². The summed E-state index contributed by atoms with van der Waals surface area (Å²) in [4.78, 5) is 0. The van der Waals surface area contributed by atoms with Crippen molar-refractivity contribution in [1.29, 1.82) is 0 Å². The van der Waals surface area contributed by atoms with E-state index in [9.17, 15) is 13.9 Å². The Morgan fingerprint density at radius 3 is 2.61 bits per heavy atom. The quantitative estimate of drug-likeness (QED) is 0.729. The Bertz CT molecular complexity index is 449. The van der Waals surface area contributed by atoms with Gasteiger partial charge in [-0.1, -0.05) is 13.8 Å². The van der Waals surface area contributed by atoms with Gasteiger partial charge in [0.05, 0.1) is 6.10 Å². The molecule has 0 radical (unpaired) electrons. The molecule has 0 amide bonds. The first-order valence-corrected chi connectivity index (χ1v) is 5.94. The predicted octanol–water partition coefficient (Wildman–Crippen LogP) is 2.78. The summed E-state index contributed by atoms with van der Waals surface area (Å²) in [6.07, 6.45) is -2.39. The molecule has 1 aliphatic rings. The number of benzene rings is 1. The van der Waals surface area contributed by atoms with Crippen LogP contribution >= 0.6 is 0 Å². The van der Waals surface area contributed by atoms with Crippen LogP contribution in [0.2, 0.25) is 0 Å². The molecule has 2 atom stereocenters. The van der Waals surface area contributed by atoms with Gasteiger partial charge in [-0.05, 0) is 24.6 Å². The van der Waals surface area contributed by atoms with E-state index in [-0.39, 0.29) is 17.0 Å². The van der Waals surface area contributed by atoms with E-state index in [1.165, 1.54) is 6.07 Å². The zero-order valence-electron chi connectivity index (χ0n) is 10.5. The lowest BCUT2D eigenvalue weighted by atomic mass is 9.64.